The van der Waals surface area contributed by atoms with Crippen LogP contribution in [0.2, 0.25) is 0 Å². The molecule has 0 saturated carbocycles. The number of amides is 2. The fraction of sp³-hybridized carbons (Fsp3) is 0.360. The molecule has 8 nitrogen and oxygen atoms in total. The molecule has 2 amide bonds. The largest absolute Gasteiger partial charge is 0.497 e. The zero-order valence-corrected chi connectivity index (χ0v) is 19.3. The van der Waals surface area contributed by atoms with Crippen molar-refractivity contribution in [3.05, 3.63) is 59.7 Å². The van der Waals surface area contributed by atoms with Crippen molar-refractivity contribution in [3.8, 4) is 11.5 Å². The average Bonchev–Trinajstić information content (AvgIpc) is 2.83. The maximum Gasteiger partial charge on any atom is 0.240 e. The van der Waals surface area contributed by atoms with Gasteiger partial charge in [-0.15, -0.1) is 0 Å². The van der Waals surface area contributed by atoms with Gasteiger partial charge in [-0.1, -0.05) is 43.5 Å². The third-order valence-corrected chi connectivity index (χ3v) is 4.80. The number of hydrogen-bond donors (Lipinski definition) is 2. The second kappa shape index (κ2) is 15.2. The molecule has 0 aliphatic heterocycles. The summed E-state index contributed by atoms with van der Waals surface area (Å²) in [4.78, 5) is 23.7. The Kier molecular flexibility index (Phi) is 11.8. The van der Waals surface area contributed by atoms with Crippen molar-refractivity contribution in [3.63, 3.8) is 0 Å². The lowest BCUT2D eigenvalue weighted by molar-refractivity contribution is -0.121. The summed E-state index contributed by atoms with van der Waals surface area (Å²) in [7, 11) is 3.21. The van der Waals surface area contributed by atoms with E-state index in [4.69, 9.17) is 9.47 Å². The quantitative estimate of drug-likeness (QED) is 0.257. The van der Waals surface area contributed by atoms with E-state index in [-0.39, 0.29) is 11.8 Å². The Hall–Kier alpha value is -3.68. The summed E-state index contributed by atoms with van der Waals surface area (Å²) in [5, 5.41) is 7.95. The summed E-state index contributed by atoms with van der Waals surface area (Å²) in [6.07, 6.45) is 8.45. The van der Waals surface area contributed by atoms with Crippen LogP contribution in [0.4, 0.5) is 0 Å². The molecule has 176 valence electrons. The van der Waals surface area contributed by atoms with E-state index >= 15 is 0 Å². The van der Waals surface area contributed by atoms with E-state index in [2.05, 4.69) is 21.1 Å². The van der Waals surface area contributed by atoms with E-state index < -0.39 is 0 Å². The lowest BCUT2D eigenvalue weighted by Crippen LogP contribution is -2.17. The van der Waals surface area contributed by atoms with Gasteiger partial charge in [0.15, 0.2) is 0 Å². The maximum atomic E-state index is 11.9. The standard InChI is InChI=1S/C25H32N4O4/c1-32-22-12-8-10-20(16-22)18-26-28-24(30)14-6-4-3-5-7-15-25(31)29-27-19-21-11-9-13-23(17-21)33-2/h8-13,16-19H,3-7,14-15H2,1-2H3,(H,28,30)(H,29,31). The van der Waals surface area contributed by atoms with Crippen molar-refractivity contribution in [2.45, 2.75) is 44.9 Å². The number of unbranched alkanes of at least 4 members (excludes halogenated alkanes) is 4. The van der Waals surface area contributed by atoms with Crippen LogP contribution in [0.25, 0.3) is 0 Å². The van der Waals surface area contributed by atoms with Gasteiger partial charge >= 0.3 is 0 Å². The van der Waals surface area contributed by atoms with Crippen LogP contribution in [0.5, 0.6) is 11.5 Å². The molecule has 0 aromatic heterocycles. The van der Waals surface area contributed by atoms with Crippen molar-refractivity contribution < 1.29 is 19.1 Å². The van der Waals surface area contributed by atoms with Gasteiger partial charge in [-0.25, -0.2) is 10.9 Å². The minimum atomic E-state index is -0.109. The van der Waals surface area contributed by atoms with Gasteiger partial charge in [0.2, 0.25) is 11.8 Å². The van der Waals surface area contributed by atoms with Crippen molar-refractivity contribution in [1.29, 1.82) is 0 Å². The molecule has 2 N–H and O–H groups in total. The minimum Gasteiger partial charge on any atom is -0.497 e. The number of ether oxygens (including phenoxy) is 2. The van der Waals surface area contributed by atoms with Crippen molar-refractivity contribution >= 4 is 24.2 Å². The van der Waals surface area contributed by atoms with Crippen LogP contribution in [-0.4, -0.2) is 38.5 Å². The summed E-state index contributed by atoms with van der Waals surface area (Å²) in [5.41, 5.74) is 6.78. The molecule has 0 bridgehead atoms. The second-order valence-corrected chi connectivity index (χ2v) is 7.41. The van der Waals surface area contributed by atoms with Crippen LogP contribution >= 0.6 is 0 Å². The predicted molar refractivity (Wildman–Crippen MR) is 130 cm³/mol. The Morgan fingerprint density at radius 3 is 1.58 bits per heavy atom. The minimum absolute atomic E-state index is 0.109. The molecule has 0 radical (unpaired) electrons. The Balaban J connectivity index is 1.49. The topological polar surface area (TPSA) is 101 Å². The fourth-order valence-electron chi connectivity index (χ4n) is 3.01. The van der Waals surface area contributed by atoms with E-state index in [0.717, 1.165) is 54.7 Å². The molecule has 0 heterocycles. The molecule has 0 spiro atoms. The van der Waals surface area contributed by atoms with Crippen molar-refractivity contribution in [2.75, 3.05) is 14.2 Å². The number of carbonyl (C=O) groups is 2. The predicted octanol–water partition coefficient (Wildman–Crippen LogP) is 4.03. The van der Waals surface area contributed by atoms with Gasteiger partial charge in [0, 0.05) is 12.8 Å². The Labute approximate surface area is 195 Å². The van der Waals surface area contributed by atoms with Crippen LogP contribution < -0.4 is 20.3 Å². The lowest BCUT2D eigenvalue weighted by Gasteiger charge is -2.03. The highest BCUT2D eigenvalue weighted by atomic mass is 16.5. The van der Waals surface area contributed by atoms with Crippen LogP contribution in [0.1, 0.15) is 56.1 Å². The molecule has 33 heavy (non-hydrogen) atoms. The van der Waals surface area contributed by atoms with E-state index in [1.807, 2.05) is 48.5 Å². The van der Waals surface area contributed by atoms with E-state index in [1.54, 1.807) is 26.6 Å². The van der Waals surface area contributed by atoms with Gasteiger partial charge in [0.25, 0.3) is 0 Å². The lowest BCUT2D eigenvalue weighted by atomic mass is 10.1. The molecule has 0 aliphatic carbocycles. The molecular weight excluding hydrogens is 420 g/mol. The van der Waals surface area contributed by atoms with Gasteiger partial charge in [-0.05, 0) is 48.2 Å². The van der Waals surface area contributed by atoms with Gasteiger partial charge < -0.3 is 9.47 Å². The molecule has 0 unspecified atom stereocenters. The molecular formula is C25H32N4O4. The summed E-state index contributed by atoms with van der Waals surface area (Å²) in [6, 6.07) is 14.9. The van der Waals surface area contributed by atoms with E-state index in [9.17, 15) is 9.59 Å². The van der Waals surface area contributed by atoms with Gasteiger partial charge in [0.05, 0.1) is 26.6 Å². The summed E-state index contributed by atoms with van der Waals surface area (Å²) < 4.78 is 10.3. The number of carbonyl (C=O) groups excluding carboxylic acids is 2. The Morgan fingerprint density at radius 1 is 0.727 bits per heavy atom. The molecule has 8 heteroatoms. The number of hydrazone groups is 2. The third-order valence-electron chi connectivity index (χ3n) is 4.80. The van der Waals surface area contributed by atoms with Crippen molar-refractivity contribution in [1.82, 2.24) is 10.9 Å². The van der Waals surface area contributed by atoms with Crippen LogP contribution in [0, 0.1) is 0 Å². The number of nitrogens with zero attached hydrogens (tertiary/aromatic N) is 2. The van der Waals surface area contributed by atoms with Gasteiger partial charge in [0.1, 0.15) is 11.5 Å². The maximum absolute atomic E-state index is 11.9. The van der Waals surface area contributed by atoms with Crippen LogP contribution in [-0.2, 0) is 9.59 Å². The summed E-state index contributed by atoms with van der Waals surface area (Å²) in [6.45, 7) is 0. The highest BCUT2D eigenvalue weighted by Crippen LogP contribution is 2.12. The Morgan fingerprint density at radius 2 is 1.15 bits per heavy atom. The number of nitrogens with one attached hydrogen (secondary N) is 2. The molecule has 0 atom stereocenters. The Bertz CT molecular complexity index is 868. The molecule has 0 aliphatic rings. The zero-order valence-electron chi connectivity index (χ0n) is 19.3. The first-order valence-corrected chi connectivity index (χ1v) is 11.0. The molecule has 2 aromatic carbocycles. The molecule has 2 aromatic rings. The molecule has 0 fully saturated rings. The summed E-state index contributed by atoms with van der Waals surface area (Å²) in [5.74, 6) is 1.26. The summed E-state index contributed by atoms with van der Waals surface area (Å²) >= 11 is 0. The van der Waals surface area contributed by atoms with E-state index in [0.29, 0.717) is 12.8 Å². The van der Waals surface area contributed by atoms with Gasteiger partial charge in [-0.2, -0.15) is 10.2 Å². The molecule has 0 saturated heterocycles. The van der Waals surface area contributed by atoms with Crippen molar-refractivity contribution in [2.24, 2.45) is 10.2 Å². The first-order chi connectivity index (χ1) is 16.1. The number of rotatable bonds is 14. The molecule has 2 rings (SSSR count). The van der Waals surface area contributed by atoms with Crippen LogP contribution in [0.15, 0.2) is 58.7 Å². The fourth-order valence-corrected chi connectivity index (χ4v) is 3.01. The van der Waals surface area contributed by atoms with E-state index in [1.165, 1.54) is 0 Å². The zero-order chi connectivity index (χ0) is 23.7. The number of hydrogen-bond acceptors (Lipinski definition) is 6. The SMILES string of the molecule is COc1cccc(C=NNC(=O)CCCCCCCC(=O)NN=Cc2cccc(OC)c2)c1. The highest BCUT2D eigenvalue weighted by Gasteiger charge is 2.02. The monoisotopic (exact) mass is 452 g/mol. The second-order valence-electron chi connectivity index (χ2n) is 7.41. The number of benzene rings is 2. The van der Waals surface area contributed by atoms with Crippen LogP contribution in [0.3, 0.4) is 0 Å². The average molecular weight is 453 g/mol. The normalized spacial score (nSPS) is 11.0. The highest BCUT2D eigenvalue weighted by molar-refractivity contribution is 5.83. The first kappa shape index (κ1) is 25.6. The van der Waals surface area contributed by atoms with Gasteiger partial charge in [-0.3, -0.25) is 9.59 Å². The smallest absolute Gasteiger partial charge is 0.240 e. The first-order valence-electron chi connectivity index (χ1n) is 11.0. The third kappa shape index (κ3) is 11.0. The number of methoxy groups -OCH3 is 2.